The number of hydrogen-bond acceptors (Lipinski definition) is 3. The first-order chi connectivity index (χ1) is 9.08. The summed E-state index contributed by atoms with van der Waals surface area (Å²) in [6, 6.07) is 7.50. The van der Waals surface area contributed by atoms with E-state index in [1.807, 2.05) is 24.3 Å². The monoisotopic (exact) mass is 340 g/mol. The third-order valence-corrected chi connectivity index (χ3v) is 3.44. The lowest BCUT2D eigenvalue weighted by atomic mass is 9.96. The molecule has 0 radical (unpaired) electrons. The maximum Gasteiger partial charge on any atom is 0.312 e. The first-order valence-corrected chi connectivity index (χ1v) is 6.67. The van der Waals surface area contributed by atoms with Gasteiger partial charge in [-0.15, -0.1) is 0 Å². The molecule has 19 heavy (non-hydrogen) atoms. The fraction of sp³-hybridized carbons (Fsp3) is 0.154. The highest BCUT2D eigenvalue weighted by atomic mass is 79.9. The summed E-state index contributed by atoms with van der Waals surface area (Å²) in [5, 5.41) is 9.62. The molecule has 0 bridgehead atoms. The van der Waals surface area contributed by atoms with Crippen molar-refractivity contribution in [2.45, 2.75) is 12.3 Å². The highest BCUT2D eigenvalue weighted by Crippen LogP contribution is 2.26. The summed E-state index contributed by atoms with van der Waals surface area (Å²) in [6.45, 7) is 0. The summed E-state index contributed by atoms with van der Waals surface area (Å²) >= 11 is 9.32. The van der Waals surface area contributed by atoms with Crippen LogP contribution in [0.5, 0.6) is 0 Å². The topological polar surface area (TPSA) is 63.1 Å². The van der Waals surface area contributed by atoms with Gasteiger partial charge in [-0.25, -0.2) is 9.97 Å². The molecule has 6 heteroatoms. The molecular weight excluding hydrogens is 332 g/mol. The van der Waals surface area contributed by atoms with Crippen molar-refractivity contribution >= 4 is 33.5 Å². The van der Waals surface area contributed by atoms with Crippen molar-refractivity contribution in [2.24, 2.45) is 0 Å². The highest BCUT2D eigenvalue weighted by Gasteiger charge is 2.24. The van der Waals surface area contributed by atoms with Crippen LogP contribution in [0, 0.1) is 0 Å². The zero-order valence-electron chi connectivity index (χ0n) is 9.75. The van der Waals surface area contributed by atoms with Crippen LogP contribution in [0.15, 0.2) is 41.3 Å². The van der Waals surface area contributed by atoms with Gasteiger partial charge in [0.2, 0.25) is 0 Å². The molecule has 1 unspecified atom stereocenters. The quantitative estimate of drug-likeness (QED) is 0.927. The van der Waals surface area contributed by atoms with Crippen LogP contribution in [-0.4, -0.2) is 21.0 Å². The van der Waals surface area contributed by atoms with E-state index in [1.165, 1.54) is 12.5 Å². The Morgan fingerprint density at radius 2 is 2.26 bits per heavy atom. The van der Waals surface area contributed by atoms with Crippen LogP contribution in [0.1, 0.15) is 17.2 Å². The predicted molar refractivity (Wildman–Crippen MR) is 75.3 cm³/mol. The van der Waals surface area contributed by atoms with Crippen LogP contribution in [0.25, 0.3) is 0 Å². The highest BCUT2D eigenvalue weighted by molar-refractivity contribution is 9.10. The molecule has 0 aliphatic rings. The second-order valence-corrected chi connectivity index (χ2v) is 5.30. The maximum atomic E-state index is 11.4. The smallest absolute Gasteiger partial charge is 0.312 e. The first-order valence-electron chi connectivity index (χ1n) is 5.50. The van der Waals surface area contributed by atoms with Crippen molar-refractivity contribution in [3.63, 3.8) is 0 Å². The van der Waals surface area contributed by atoms with Crippen LogP contribution in [-0.2, 0) is 11.2 Å². The SMILES string of the molecule is O=C(O)C(Cc1cccc(Br)c1)c1ncncc1Cl. The molecule has 1 aromatic carbocycles. The molecule has 1 N–H and O–H groups in total. The van der Waals surface area contributed by atoms with Gasteiger partial charge in [0, 0.05) is 10.7 Å². The molecule has 0 saturated carbocycles. The van der Waals surface area contributed by atoms with E-state index in [0.29, 0.717) is 12.1 Å². The van der Waals surface area contributed by atoms with Gasteiger partial charge >= 0.3 is 5.97 Å². The van der Waals surface area contributed by atoms with E-state index in [9.17, 15) is 9.90 Å². The van der Waals surface area contributed by atoms with Crippen molar-refractivity contribution in [3.05, 3.63) is 57.5 Å². The molecule has 1 heterocycles. The van der Waals surface area contributed by atoms with Crippen molar-refractivity contribution < 1.29 is 9.90 Å². The number of aliphatic carboxylic acids is 1. The zero-order chi connectivity index (χ0) is 13.8. The van der Waals surface area contributed by atoms with E-state index < -0.39 is 11.9 Å². The van der Waals surface area contributed by atoms with Gasteiger partial charge in [0.15, 0.2) is 0 Å². The molecule has 0 aliphatic heterocycles. The number of aromatic nitrogens is 2. The van der Waals surface area contributed by atoms with E-state index in [-0.39, 0.29) is 5.02 Å². The lowest BCUT2D eigenvalue weighted by Crippen LogP contribution is -2.16. The largest absolute Gasteiger partial charge is 0.481 e. The maximum absolute atomic E-state index is 11.4. The Morgan fingerprint density at radius 1 is 1.47 bits per heavy atom. The molecular formula is C13H10BrClN2O2. The number of carboxylic acids is 1. The Morgan fingerprint density at radius 3 is 2.89 bits per heavy atom. The van der Waals surface area contributed by atoms with Gasteiger partial charge in [-0.1, -0.05) is 39.7 Å². The molecule has 0 saturated heterocycles. The fourth-order valence-corrected chi connectivity index (χ4v) is 2.46. The summed E-state index contributed by atoms with van der Waals surface area (Å²) in [7, 11) is 0. The van der Waals surface area contributed by atoms with Gasteiger partial charge in [-0.05, 0) is 24.1 Å². The van der Waals surface area contributed by atoms with Crippen LogP contribution < -0.4 is 0 Å². The second kappa shape index (κ2) is 6.12. The Bertz CT molecular complexity index is 607. The number of halogens is 2. The van der Waals surface area contributed by atoms with Gasteiger partial charge in [-0.3, -0.25) is 4.79 Å². The lowest BCUT2D eigenvalue weighted by molar-refractivity contribution is -0.138. The van der Waals surface area contributed by atoms with E-state index in [2.05, 4.69) is 25.9 Å². The standard InChI is InChI=1S/C13H10BrClN2O2/c14-9-3-1-2-8(4-9)5-10(13(18)19)12-11(15)6-16-7-17-12/h1-4,6-7,10H,5H2,(H,18,19). The molecule has 1 atom stereocenters. The van der Waals surface area contributed by atoms with E-state index in [1.54, 1.807) is 0 Å². The normalized spacial score (nSPS) is 12.1. The van der Waals surface area contributed by atoms with Crippen LogP contribution in [0.2, 0.25) is 5.02 Å². The van der Waals surface area contributed by atoms with Crippen molar-refractivity contribution in [1.29, 1.82) is 0 Å². The number of benzene rings is 1. The minimum absolute atomic E-state index is 0.268. The van der Waals surface area contributed by atoms with Crippen LogP contribution in [0.4, 0.5) is 0 Å². The summed E-state index contributed by atoms with van der Waals surface area (Å²) in [4.78, 5) is 19.2. The fourth-order valence-electron chi connectivity index (χ4n) is 1.78. The van der Waals surface area contributed by atoms with Gasteiger partial charge in [0.25, 0.3) is 0 Å². The summed E-state index contributed by atoms with van der Waals surface area (Å²) in [5.41, 5.74) is 1.24. The Kier molecular flexibility index (Phi) is 4.50. The summed E-state index contributed by atoms with van der Waals surface area (Å²) < 4.78 is 0.905. The number of nitrogens with zero attached hydrogens (tertiary/aromatic N) is 2. The average Bonchev–Trinajstić information content (AvgIpc) is 2.37. The minimum atomic E-state index is -0.958. The molecule has 2 rings (SSSR count). The van der Waals surface area contributed by atoms with E-state index >= 15 is 0 Å². The van der Waals surface area contributed by atoms with E-state index in [0.717, 1.165) is 10.0 Å². The van der Waals surface area contributed by atoms with Gasteiger partial charge < -0.3 is 5.11 Å². The molecule has 0 spiro atoms. The Hall–Kier alpha value is -1.46. The third-order valence-electron chi connectivity index (χ3n) is 2.65. The predicted octanol–water partition coefficient (Wildman–Crippen LogP) is 3.30. The molecule has 0 fully saturated rings. The van der Waals surface area contributed by atoms with Gasteiger partial charge in [0.1, 0.15) is 12.2 Å². The van der Waals surface area contributed by atoms with Crippen molar-refractivity contribution in [3.8, 4) is 0 Å². The third kappa shape index (κ3) is 3.52. The average molecular weight is 342 g/mol. The number of hydrogen-bond donors (Lipinski definition) is 1. The molecule has 0 aliphatic carbocycles. The molecule has 2 aromatic rings. The lowest BCUT2D eigenvalue weighted by Gasteiger charge is -2.13. The minimum Gasteiger partial charge on any atom is -0.481 e. The summed E-state index contributed by atoms with van der Waals surface area (Å²) in [6.07, 6.45) is 3.03. The number of rotatable bonds is 4. The molecule has 4 nitrogen and oxygen atoms in total. The number of carbonyl (C=O) groups is 1. The van der Waals surface area contributed by atoms with E-state index in [4.69, 9.17) is 11.6 Å². The van der Waals surface area contributed by atoms with Crippen LogP contribution in [0.3, 0.4) is 0 Å². The molecule has 98 valence electrons. The summed E-state index contributed by atoms with van der Waals surface area (Å²) in [5.74, 6) is -1.75. The Labute approximate surface area is 123 Å². The van der Waals surface area contributed by atoms with Crippen LogP contribution >= 0.6 is 27.5 Å². The zero-order valence-corrected chi connectivity index (χ0v) is 12.1. The van der Waals surface area contributed by atoms with Crippen molar-refractivity contribution in [1.82, 2.24) is 9.97 Å². The molecule has 0 amide bonds. The second-order valence-electron chi connectivity index (χ2n) is 3.98. The number of carboxylic acid groups (broad SMARTS) is 1. The van der Waals surface area contributed by atoms with Crippen molar-refractivity contribution in [2.75, 3.05) is 0 Å². The Balaban J connectivity index is 2.32. The first kappa shape index (κ1) is 14.0. The van der Waals surface area contributed by atoms with Gasteiger partial charge in [-0.2, -0.15) is 0 Å². The molecule has 1 aromatic heterocycles. The van der Waals surface area contributed by atoms with Gasteiger partial charge in [0.05, 0.1) is 10.7 Å².